The van der Waals surface area contributed by atoms with E-state index in [1.807, 2.05) is 0 Å². The van der Waals surface area contributed by atoms with Crippen LogP contribution in [-0.4, -0.2) is 36.3 Å². The Labute approximate surface area is 89.8 Å². The van der Waals surface area contributed by atoms with E-state index in [-0.39, 0.29) is 0 Å². The van der Waals surface area contributed by atoms with Crippen LogP contribution in [-0.2, 0) is 0 Å². The van der Waals surface area contributed by atoms with Crippen LogP contribution in [0, 0.1) is 0 Å². The molecule has 0 radical (unpaired) electrons. The fraction of sp³-hybridized carbons (Fsp3) is 0.800. The van der Waals surface area contributed by atoms with Gasteiger partial charge in [0.2, 0.25) is 5.89 Å². The molecule has 0 aromatic carbocycles. The Morgan fingerprint density at radius 1 is 1.47 bits per heavy atom. The number of aromatic nitrogens is 2. The molecule has 1 aromatic rings. The first-order valence-corrected chi connectivity index (χ1v) is 5.64. The second-order valence-electron chi connectivity index (χ2n) is 3.79. The maximum Gasteiger partial charge on any atom is 0.266 e. The zero-order valence-electron chi connectivity index (χ0n) is 9.36. The predicted molar refractivity (Wildman–Crippen MR) is 58.1 cm³/mol. The summed E-state index contributed by atoms with van der Waals surface area (Å²) < 4.78 is 5.29. The van der Waals surface area contributed by atoms with Gasteiger partial charge in [-0.05, 0) is 32.0 Å². The third kappa shape index (κ3) is 2.12. The zero-order chi connectivity index (χ0) is 10.7. The van der Waals surface area contributed by atoms with Crippen molar-refractivity contribution in [3.63, 3.8) is 0 Å². The third-order valence-electron chi connectivity index (χ3n) is 2.89. The van der Waals surface area contributed by atoms with E-state index in [1.165, 1.54) is 0 Å². The predicted octanol–water partition coefficient (Wildman–Crippen LogP) is 0.993. The summed E-state index contributed by atoms with van der Waals surface area (Å²) in [5, 5.41) is 7.31. The van der Waals surface area contributed by atoms with E-state index in [0.717, 1.165) is 44.4 Å². The molecule has 2 rings (SSSR count). The molecular weight excluding hydrogens is 192 g/mol. The van der Waals surface area contributed by atoms with E-state index in [0.29, 0.717) is 5.92 Å². The monoisotopic (exact) mass is 210 g/mol. The summed E-state index contributed by atoms with van der Waals surface area (Å²) >= 11 is 0. The Morgan fingerprint density at radius 3 is 2.87 bits per heavy atom. The Morgan fingerprint density at radius 2 is 2.27 bits per heavy atom. The average Bonchev–Trinajstić information content (AvgIpc) is 2.89. The smallest absolute Gasteiger partial charge is 0.266 e. The van der Waals surface area contributed by atoms with Gasteiger partial charge in [0.25, 0.3) is 5.95 Å². The van der Waals surface area contributed by atoms with Crippen molar-refractivity contribution in [1.29, 1.82) is 0 Å². The normalized spacial score (nSPS) is 20.8. The highest BCUT2D eigenvalue weighted by molar-refractivity contribution is 5.27. The van der Waals surface area contributed by atoms with E-state index >= 15 is 0 Å². The van der Waals surface area contributed by atoms with Crippen LogP contribution in [0.5, 0.6) is 0 Å². The molecule has 0 aliphatic carbocycles. The van der Waals surface area contributed by atoms with Gasteiger partial charge in [0.1, 0.15) is 0 Å². The van der Waals surface area contributed by atoms with Crippen LogP contribution in [0.2, 0.25) is 0 Å². The van der Waals surface area contributed by atoms with Gasteiger partial charge in [-0.25, -0.2) is 0 Å². The molecule has 0 spiro atoms. The van der Waals surface area contributed by atoms with E-state index in [4.69, 9.17) is 4.52 Å². The molecule has 1 N–H and O–H groups in total. The highest BCUT2D eigenvalue weighted by Crippen LogP contribution is 2.22. The Balaban J connectivity index is 2.08. The van der Waals surface area contributed by atoms with E-state index in [9.17, 15) is 0 Å². The average molecular weight is 210 g/mol. The van der Waals surface area contributed by atoms with Crippen LogP contribution in [0.3, 0.4) is 0 Å². The molecule has 0 bridgehead atoms. The number of hydrogen-bond donors (Lipinski definition) is 1. The highest BCUT2D eigenvalue weighted by Gasteiger charge is 2.23. The maximum atomic E-state index is 5.29. The molecule has 1 unspecified atom stereocenters. The van der Waals surface area contributed by atoms with Crippen LogP contribution < -0.4 is 10.2 Å². The van der Waals surface area contributed by atoms with Gasteiger partial charge in [-0.2, -0.15) is 4.98 Å². The van der Waals surface area contributed by atoms with E-state index in [1.54, 1.807) is 0 Å². The molecule has 5 heteroatoms. The first-order chi connectivity index (χ1) is 7.35. The molecule has 1 fully saturated rings. The lowest BCUT2D eigenvalue weighted by Gasteiger charge is -2.14. The van der Waals surface area contributed by atoms with Crippen LogP contribution in [0.4, 0.5) is 5.95 Å². The Kier molecular flexibility index (Phi) is 3.20. The molecule has 1 saturated heterocycles. The van der Waals surface area contributed by atoms with Gasteiger partial charge in [-0.3, -0.25) is 0 Å². The molecule has 1 aliphatic rings. The summed E-state index contributed by atoms with van der Waals surface area (Å²) in [6.45, 7) is 8.03. The van der Waals surface area contributed by atoms with Gasteiger partial charge in [-0.1, -0.05) is 0 Å². The van der Waals surface area contributed by atoms with Crippen molar-refractivity contribution in [2.24, 2.45) is 0 Å². The quantitative estimate of drug-likeness (QED) is 0.803. The molecule has 1 atom stereocenters. The summed E-state index contributed by atoms with van der Waals surface area (Å²) in [6, 6.07) is 0. The molecule has 15 heavy (non-hydrogen) atoms. The largest absolute Gasteiger partial charge is 0.339 e. The first kappa shape index (κ1) is 10.4. The zero-order valence-corrected chi connectivity index (χ0v) is 9.36. The first-order valence-electron chi connectivity index (χ1n) is 5.64. The van der Waals surface area contributed by atoms with Gasteiger partial charge in [0.15, 0.2) is 0 Å². The van der Waals surface area contributed by atoms with Gasteiger partial charge < -0.3 is 14.7 Å². The minimum atomic E-state index is 0.404. The van der Waals surface area contributed by atoms with Crippen LogP contribution in [0.1, 0.15) is 32.1 Å². The van der Waals surface area contributed by atoms with Crippen molar-refractivity contribution < 1.29 is 4.52 Å². The molecule has 2 heterocycles. The molecule has 0 amide bonds. The minimum absolute atomic E-state index is 0.404. The lowest BCUT2D eigenvalue weighted by atomic mass is 10.1. The third-order valence-corrected chi connectivity index (χ3v) is 2.89. The molecule has 5 nitrogen and oxygen atoms in total. The van der Waals surface area contributed by atoms with Crippen LogP contribution in [0.15, 0.2) is 4.52 Å². The van der Waals surface area contributed by atoms with Crippen molar-refractivity contribution in [2.45, 2.75) is 26.2 Å². The Bertz CT molecular complexity index is 286. The maximum absolute atomic E-state index is 5.29. The summed E-state index contributed by atoms with van der Waals surface area (Å²) in [5.41, 5.74) is 0. The summed E-state index contributed by atoms with van der Waals surface area (Å²) in [7, 11) is 0. The standard InChI is InChI=1S/C10H18N4O/c1-3-14(4-2)10-12-9(15-13-10)8-5-6-11-7-8/h8,11H,3-7H2,1-2H3. The molecule has 84 valence electrons. The van der Waals surface area contributed by atoms with Crippen molar-refractivity contribution >= 4 is 5.95 Å². The number of rotatable bonds is 4. The fourth-order valence-corrected chi connectivity index (χ4v) is 1.89. The summed E-state index contributed by atoms with van der Waals surface area (Å²) in [4.78, 5) is 6.54. The van der Waals surface area contributed by atoms with Crippen LogP contribution in [0.25, 0.3) is 0 Å². The number of anilines is 1. The Hall–Kier alpha value is -1.10. The second kappa shape index (κ2) is 4.61. The number of hydrogen-bond acceptors (Lipinski definition) is 5. The summed E-state index contributed by atoms with van der Waals surface area (Å²) in [5.74, 6) is 1.91. The topological polar surface area (TPSA) is 54.2 Å². The van der Waals surface area contributed by atoms with Crippen molar-refractivity contribution in [2.75, 3.05) is 31.1 Å². The van der Waals surface area contributed by atoms with Crippen molar-refractivity contribution in [3.05, 3.63) is 5.89 Å². The van der Waals surface area contributed by atoms with Crippen LogP contribution >= 0.6 is 0 Å². The van der Waals surface area contributed by atoms with Gasteiger partial charge in [0, 0.05) is 19.6 Å². The van der Waals surface area contributed by atoms with Gasteiger partial charge in [0.05, 0.1) is 5.92 Å². The molecular formula is C10H18N4O. The molecule has 1 aliphatic heterocycles. The lowest BCUT2D eigenvalue weighted by molar-refractivity contribution is 0.358. The van der Waals surface area contributed by atoms with Crippen molar-refractivity contribution in [1.82, 2.24) is 15.5 Å². The number of nitrogens with zero attached hydrogens (tertiary/aromatic N) is 3. The van der Waals surface area contributed by atoms with Gasteiger partial charge in [-0.15, -0.1) is 0 Å². The van der Waals surface area contributed by atoms with E-state index < -0.39 is 0 Å². The van der Waals surface area contributed by atoms with Gasteiger partial charge >= 0.3 is 0 Å². The highest BCUT2D eigenvalue weighted by atomic mass is 16.5. The SMILES string of the molecule is CCN(CC)c1noc(C2CCNC2)n1. The van der Waals surface area contributed by atoms with E-state index in [2.05, 4.69) is 34.2 Å². The second-order valence-corrected chi connectivity index (χ2v) is 3.79. The van der Waals surface area contributed by atoms with Crippen molar-refractivity contribution in [3.8, 4) is 0 Å². The molecule has 0 saturated carbocycles. The summed E-state index contributed by atoms with van der Waals surface area (Å²) in [6.07, 6.45) is 1.10. The lowest BCUT2D eigenvalue weighted by Crippen LogP contribution is -2.23. The minimum Gasteiger partial charge on any atom is -0.339 e. The molecule has 1 aromatic heterocycles. The fourth-order valence-electron chi connectivity index (χ4n) is 1.89. The number of nitrogens with one attached hydrogen (secondary N) is 1.